The first-order chi connectivity index (χ1) is 18.4. The number of hydrogen-bond acceptors (Lipinski definition) is 8. The second-order valence-electron chi connectivity index (χ2n) is 12.7. The van der Waals surface area contributed by atoms with Crippen LogP contribution in [-0.2, 0) is 14.3 Å². The van der Waals surface area contributed by atoms with Crippen LogP contribution in [0.3, 0.4) is 0 Å². The zero-order chi connectivity index (χ0) is 28.3. The maximum Gasteiger partial charge on any atom is 0.289 e. The molecule has 4 aliphatic carbocycles. The van der Waals surface area contributed by atoms with Crippen molar-refractivity contribution in [3.05, 3.63) is 35.8 Å². The van der Waals surface area contributed by atoms with Gasteiger partial charge in [-0.05, 0) is 86.5 Å². The summed E-state index contributed by atoms with van der Waals surface area (Å²) in [5, 5.41) is 33.4. The molecule has 9 heteroatoms. The van der Waals surface area contributed by atoms with Gasteiger partial charge < -0.3 is 34.1 Å². The fraction of sp³-hybridized carbons (Fsp3) is 0.733. The molecule has 0 bridgehead atoms. The van der Waals surface area contributed by atoms with Gasteiger partial charge in [0.25, 0.3) is 5.91 Å². The zero-order valence-corrected chi connectivity index (χ0v) is 23.6. The lowest BCUT2D eigenvalue weighted by Crippen LogP contribution is -2.62. The molecule has 3 N–H and O–H groups in total. The molecule has 3 saturated carbocycles. The zero-order valence-electron chi connectivity index (χ0n) is 23.6. The van der Waals surface area contributed by atoms with Crippen LogP contribution in [0.4, 0.5) is 0 Å². The predicted molar refractivity (Wildman–Crippen MR) is 141 cm³/mol. The van der Waals surface area contributed by atoms with Gasteiger partial charge in [-0.25, -0.2) is 0 Å². The van der Waals surface area contributed by atoms with Crippen molar-refractivity contribution in [2.45, 2.75) is 89.4 Å². The lowest BCUT2D eigenvalue weighted by Gasteiger charge is -2.60. The Kier molecular flexibility index (Phi) is 7.38. The van der Waals surface area contributed by atoms with Crippen molar-refractivity contribution < 1.29 is 38.8 Å². The molecule has 0 aromatic carbocycles. The summed E-state index contributed by atoms with van der Waals surface area (Å²) in [5.41, 5.74) is -1.54. The van der Waals surface area contributed by atoms with Crippen molar-refractivity contribution >= 4 is 11.7 Å². The van der Waals surface area contributed by atoms with E-state index >= 15 is 0 Å². The van der Waals surface area contributed by atoms with Crippen LogP contribution in [0, 0.1) is 28.6 Å². The average Bonchev–Trinajstić information content (AvgIpc) is 3.53. The number of carbonyl (C=O) groups is 2. The summed E-state index contributed by atoms with van der Waals surface area (Å²) in [7, 11) is 3.07. The summed E-state index contributed by atoms with van der Waals surface area (Å²) in [4.78, 5) is 28.8. The van der Waals surface area contributed by atoms with E-state index in [1.54, 1.807) is 23.1 Å². The summed E-state index contributed by atoms with van der Waals surface area (Å²) in [6, 6.07) is 3.04. The fourth-order valence-corrected chi connectivity index (χ4v) is 8.78. The van der Waals surface area contributed by atoms with E-state index in [1.807, 2.05) is 13.8 Å². The van der Waals surface area contributed by atoms with Gasteiger partial charge in [0, 0.05) is 31.6 Å². The molecule has 1 aromatic rings. The van der Waals surface area contributed by atoms with E-state index in [-0.39, 0.29) is 54.2 Å². The van der Waals surface area contributed by atoms with Crippen LogP contribution in [0.15, 0.2) is 34.5 Å². The van der Waals surface area contributed by atoms with Gasteiger partial charge >= 0.3 is 0 Å². The van der Waals surface area contributed by atoms with Gasteiger partial charge in [0.2, 0.25) is 0 Å². The van der Waals surface area contributed by atoms with Crippen molar-refractivity contribution in [3.63, 3.8) is 0 Å². The van der Waals surface area contributed by atoms with Crippen molar-refractivity contribution in [2.24, 2.45) is 28.6 Å². The first kappa shape index (κ1) is 28.5. The average molecular weight is 546 g/mol. The summed E-state index contributed by atoms with van der Waals surface area (Å²) in [6.45, 7) is 6.34. The first-order valence-electron chi connectivity index (χ1n) is 14.2. The third-order valence-corrected chi connectivity index (χ3v) is 11.1. The second-order valence-corrected chi connectivity index (χ2v) is 12.7. The smallest absolute Gasteiger partial charge is 0.289 e. The Morgan fingerprint density at radius 3 is 2.51 bits per heavy atom. The number of carbonyl (C=O) groups excluding carboxylic acids is 2. The molecule has 0 spiro atoms. The first-order valence-corrected chi connectivity index (χ1v) is 14.2. The number of ketones is 1. The largest absolute Gasteiger partial charge is 0.459 e. The Balaban J connectivity index is 1.48. The molecular formula is C30H43NO8. The number of ether oxygens (including phenoxy) is 2. The monoisotopic (exact) mass is 545 g/mol. The summed E-state index contributed by atoms with van der Waals surface area (Å²) in [6.07, 6.45) is 3.95. The van der Waals surface area contributed by atoms with Crippen molar-refractivity contribution in [2.75, 3.05) is 20.8 Å². The van der Waals surface area contributed by atoms with Crippen molar-refractivity contribution in [3.8, 4) is 0 Å². The molecule has 39 heavy (non-hydrogen) atoms. The number of furan rings is 1. The second kappa shape index (κ2) is 10.1. The van der Waals surface area contributed by atoms with Crippen LogP contribution in [0.25, 0.3) is 0 Å². The standard InChI is InChI=1S/C30H43NO8/c1-17(31(16-26(37-4)38-5)27(35)25-7-6-12-39-25)18-9-11-30(36)20-13-22(32)21-14-23(33)24(34)15-28(21,2)19(20)8-10-29(18,30)3/h6-7,12-13,17-19,21,23-24,26,33-34,36H,8-11,14-16H2,1-5H3/t17?,18?,19?,21-,23+,24-,28+,29+,30+/m0/s1. The predicted octanol–water partition coefficient (Wildman–Crippen LogP) is 2.93. The van der Waals surface area contributed by atoms with Crippen LogP contribution in [-0.4, -0.2) is 82.8 Å². The van der Waals surface area contributed by atoms with Crippen LogP contribution < -0.4 is 0 Å². The molecule has 0 radical (unpaired) electrons. The molecule has 216 valence electrons. The molecule has 0 saturated heterocycles. The number of amides is 1. The molecule has 3 unspecified atom stereocenters. The Hall–Kier alpha value is -2.04. The molecule has 5 rings (SSSR count). The number of methoxy groups -OCH3 is 2. The quantitative estimate of drug-likeness (QED) is 0.446. The van der Waals surface area contributed by atoms with Gasteiger partial charge in [-0.1, -0.05) is 13.8 Å². The Morgan fingerprint density at radius 2 is 1.87 bits per heavy atom. The Labute approximate surface area is 230 Å². The maximum absolute atomic E-state index is 13.6. The highest BCUT2D eigenvalue weighted by Crippen LogP contribution is 2.67. The number of rotatable bonds is 7. The number of fused-ring (bicyclic) bond motifs is 5. The normalized spacial score (nSPS) is 40.5. The van der Waals surface area contributed by atoms with E-state index < -0.39 is 34.9 Å². The number of aliphatic hydroxyl groups is 3. The molecule has 9 atom stereocenters. The molecule has 1 amide bonds. The fourth-order valence-electron chi connectivity index (χ4n) is 8.78. The Morgan fingerprint density at radius 1 is 1.15 bits per heavy atom. The van der Waals surface area contributed by atoms with Crippen LogP contribution in [0.1, 0.15) is 69.9 Å². The van der Waals surface area contributed by atoms with Crippen LogP contribution in [0.5, 0.6) is 0 Å². The van der Waals surface area contributed by atoms with Crippen LogP contribution in [0.2, 0.25) is 0 Å². The topological polar surface area (TPSA) is 130 Å². The third kappa shape index (κ3) is 4.23. The van der Waals surface area contributed by atoms with E-state index in [9.17, 15) is 24.9 Å². The summed E-state index contributed by atoms with van der Waals surface area (Å²) < 4.78 is 16.3. The minimum Gasteiger partial charge on any atom is -0.459 e. The molecule has 1 heterocycles. The number of hydrogen-bond donors (Lipinski definition) is 3. The highest BCUT2D eigenvalue weighted by atomic mass is 16.7. The molecule has 0 aliphatic heterocycles. The van der Waals surface area contributed by atoms with E-state index in [1.165, 1.54) is 20.5 Å². The lowest BCUT2D eigenvalue weighted by molar-refractivity contribution is -0.154. The van der Waals surface area contributed by atoms with Gasteiger partial charge in [-0.3, -0.25) is 9.59 Å². The van der Waals surface area contributed by atoms with Gasteiger partial charge in [0.1, 0.15) is 0 Å². The molecular weight excluding hydrogens is 502 g/mol. The molecule has 4 aliphatic rings. The molecule has 3 fully saturated rings. The number of nitrogens with zero attached hydrogens (tertiary/aromatic N) is 1. The Bertz CT molecular complexity index is 1110. The van der Waals surface area contributed by atoms with E-state index in [0.717, 1.165) is 18.4 Å². The molecule has 9 nitrogen and oxygen atoms in total. The highest BCUT2D eigenvalue weighted by molar-refractivity contribution is 5.95. The van der Waals surface area contributed by atoms with Gasteiger partial charge in [-0.15, -0.1) is 0 Å². The summed E-state index contributed by atoms with van der Waals surface area (Å²) >= 11 is 0. The highest BCUT2D eigenvalue weighted by Gasteiger charge is 2.67. The van der Waals surface area contributed by atoms with Gasteiger partial charge in [0.15, 0.2) is 17.8 Å². The van der Waals surface area contributed by atoms with E-state index in [4.69, 9.17) is 13.9 Å². The maximum atomic E-state index is 13.6. The van der Waals surface area contributed by atoms with Gasteiger partial charge in [-0.2, -0.15) is 0 Å². The third-order valence-electron chi connectivity index (χ3n) is 11.1. The lowest BCUT2D eigenvalue weighted by atomic mass is 9.46. The summed E-state index contributed by atoms with van der Waals surface area (Å²) in [5.74, 6) is -0.584. The van der Waals surface area contributed by atoms with Crippen molar-refractivity contribution in [1.82, 2.24) is 4.90 Å². The van der Waals surface area contributed by atoms with E-state index in [2.05, 4.69) is 6.92 Å². The SMILES string of the molecule is COC(CN(C(=O)c1ccco1)C(C)C1CC[C@@]2(O)C3=CC(=O)[C@@H]4C[C@@H](O)[C@@H](O)C[C@]4(C)C3CC[C@]12C)OC. The van der Waals surface area contributed by atoms with Crippen molar-refractivity contribution in [1.29, 1.82) is 0 Å². The minimum absolute atomic E-state index is 0.0540. The number of aliphatic hydroxyl groups excluding tert-OH is 2. The van der Waals surface area contributed by atoms with E-state index in [0.29, 0.717) is 19.3 Å². The van der Waals surface area contributed by atoms with Crippen LogP contribution >= 0.6 is 0 Å². The minimum atomic E-state index is -1.21. The molecule has 1 aromatic heterocycles. The number of allylic oxidation sites excluding steroid dienone is 1. The van der Waals surface area contributed by atoms with Gasteiger partial charge in [0.05, 0.1) is 30.6 Å².